The summed E-state index contributed by atoms with van der Waals surface area (Å²) in [7, 11) is 1.88. The van der Waals surface area contributed by atoms with Gasteiger partial charge in [-0.1, -0.05) is 53.5 Å². The number of hydrogen-bond donors (Lipinski definition) is 0. The lowest BCUT2D eigenvalue weighted by Gasteiger charge is -2.10. The number of halogens is 2. The predicted octanol–water partition coefficient (Wildman–Crippen LogP) is 5.03. The third-order valence-corrected chi connectivity index (χ3v) is 4.02. The van der Waals surface area contributed by atoms with Crippen molar-refractivity contribution in [2.24, 2.45) is 7.05 Å². The Hall–Kier alpha value is -2.03. The number of hydrogen-bond acceptors (Lipinski definition) is 1. The van der Waals surface area contributed by atoms with E-state index < -0.39 is 0 Å². The first-order chi connectivity index (χ1) is 10.6. The first kappa shape index (κ1) is 14.9. The SMILES string of the molecule is Cn1cc(-c2ccccc2)c(=O)c(-c2cc(Cl)ccc2Cl)c1. The molecule has 0 aliphatic rings. The summed E-state index contributed by atoms with van der Waals surface area (Å²) in [5, 5.41) is 1.05. The maximum absolute atomic E-state index is 12.9. The lowest BCUT2D eigenvalue weighted by atomic mass is 10.0. The van der Waals surface area contributed by atoms with E-state index >= 15 is 0 Å². The Morgan fingerprint density at radius 1 is 0.864 bits per heavy atom. The van der Waals surface area contributed by atoms with Crippen LogP contribution in [0.1, 0.15) is 0 Å². The highest BCUT2D eigenvalue weighted by atomic mass is 35.5. The molecule has 0 fully saturated rings. The molecule has 0 aliphatic heterocycles. The molecule has 0 saturated carbocycles. The lowest BCUT2D eigenvalue weighted by Crippen LogP contribution is -2.11. The van der Waals surface area contributed by atoms with Crippen LogP contribution in [0.4, 0.5) is 0 Å². The highest BCUT2D eigenvalue weighted by Gasteiger charge is 2.13. The number of nitrogens with zero attached hydrogens (tertiary/aromatic N) is 1. The Kier molecular flexibility index (Phi) is 4.06. The van der Waals surface area contributed by atoms with E-state index in [0.29, 0.717) is 26.7 Å². The summed E-state index contributed by atoms with van der Waals surface area (Å²) in [6, 6.07) is 14.7. The molecule has 0 N–H and O–H groups in total. The minimum atomic E-state index is -0.0616. The second-order valence-electron chi connectivity index (χ2n) is 5.07. The fraction of sp³-hybridized carbons (Fsp3) is 0.0556. The van der Waals surface area contributed by atoms with Crippen molar-refractivity contribution in [3.8, 4) is 22.3 Å². The quantitative estimate of drug-likeness (QED) is 0.646. The van der Waals surface area contributed by atoms with Gasteiger partial charge < -0.3 is 4.57 Å². The summed E-state index contributed by atoms with van der Waals surface area (Å²) >= 11 is 12.3. The summed E-state index contributed by atoms with van der Waals surface area (Å²) in [6.45, 7) is 0. The summed E-state index contributed by atoms with van der Waals surface area (Å²) in [5.41, 5.74) is 2.64. The minimum Gasteiger partial charge on any atom is -0.356 e. The Morgan fingerprint density at radius 3 is 2.27 bits per heavy atom. The molecule has 0 spiro atoms. The average Bonchev–Trinajstić information content (AvgIpc) is 2.52. The monoisotopic (exact) mass is 329 g/mol. The number of aryl methyl sites for hydroxylation is 1. The topological polar surface area (TPSA) is 22.0 Å². The molecule has 2 aromatic carbocycles. The van der Waals surface area contributed by atoms with E-state index in [1.165, 1.54) is 0 Å². The molecule has 0 atom stereocenters. The molecule has 0 aliphatic carbocycles. The van der Waals surface area contributed by atoms with Crippen LogP contribution in [0.5, 0.6) is 0 Å². The molecule has 0 bridgehead atoms. The van der Waals surface area contributed by atoms with Crippen molar-refractivity contribution in [3.05, 3.63) is 81.2 Å². The van der Waals surface area contributed by atoms with E-state index in [1.54, 1.807) is 24.4 Å². The summed E-state index contributed by atoms with van der Waals surface area (Å²) in [5.74, 6) is 0. The second-order valence-corrected chi connectivity index (χ2v) is 5.91. The third-order valence-electron chi connectivity index (χ3n) is 3.46. The van der Waals surface area contributed by atoms with Crippen molar-refractivity contribution in [2.75, 3.05) is 0 Å². The molecule has 1 aromatic heterocycles. The molecule has 0 unspecified atom stereocenters. The van der Waals surface area contributed by atoms with Crippen LogP contribution in [0.2, 0.25) is 10.0 Å². The molecule has 0 saturated heterocycles. The third kappa shape index (κ3) is 2.80. The molecule has 22 heavy (non-hydrogen) atoms. The lowest BCUT2D eigenvalue weighted by molar-refractivity contribution is 0.904. The largest absolute Gasteiger partial charge is 0.356 e. The van der Waals surface area contributed by atoms with Crippen molar-refractivity contribution in [1.82, 2.24) is 4.57 Å². The Balaban J connectivity index is 2.29. The van der Waals surface area contributed by atoms with Crippen LogP contribution in [-0.4, -0.2) is 4.57 Å². The van der Waals surface area contributed by atoms with Crippen LogP contribution < -0.4 is 5.43 Å². The summed E-state index contributed by atoms with van der Waals surface area (Å²) in [4.78, 5) is 12.9. The van der Waals surface area contributed by atoms with Crippen LogP contribution in [0.15, 0.2) is 65.7 Å². The van der Waals surface area contributed by atoms with Gasteiger partial charge in [0.25, 0.3) is 0 Å². The van der Waals surface area contributed by atoms with Gasteiger partial charge in [0.15, 0.2) is 5.43 Å². The van der Waals surface area contributed by atoms with Gasteiger partial charge in [0.1, 0.15) is 0 Å². The number of rotatable bonds is 2. The molecule has 110 valence electrons. The Morgan fingerprint density at radius 2 is 1.55 bits per heavy atom. The maximum atomic E-state index is 12.9. The van der Waals surface area contributed by atoms with Gasteiger partial charge in [-0.15, -0.1) is 0 Å². The fourth-order valence-electron chi connectivity index (χ4n) is 2.43. The van der Waals surface area contributed by atoms with E-state index in [9.17, 15) is 4.79 Å². The molecule has 3 aromatic rings. The van der Waals surface area contributed by atoms with Gasteiger partial charge in [0, 0.05) is 46.2 Å². The van der Waals surface area contributed by atoms with E-state index in [-0.39, 0.29) is 5.43 Å². The molecular weight excluding hydrogens is 317 g/mol. The highest BCUT2D eigenvalue weighted by molar-refractivity contribution is 6.35. The van der Waals surface area contributed by atoms with Gasteiger partial charge in [0.2, 0.25) is 0 Å². The predicted molar refractivity (Wildman–Crippen MR) is 92.6 cm³/mol. The molecule has 3 rings (SSSR count). The maximum Gasteiger partial charge on any atom is 0.197 e. The van der Waals surface area contributed by atoms with Gasteiger partial charge in [-0.2, -0.15) is 0 Å². The molecule has 0 amide bonds. The molecule has 4 heteroatoms. The normalized spacial score (nSPS) is 10.7. The average molecular weight is 330 g/mol. The van der Waals surface area contributed by atoms with Crippen molar-refractivity contribution in [1.29, 1.82) is 0 Å². The standard InChI is InChI=1S/C18H13Cl2NO/c1-21-10-15(12-5-3-2-4-6-12)18(22)16(11-21)14-9-13(19)7-8-17(14)20/h2-11H,1H3. The first-order valence-corrected chi connectivity index (χ1v) is 7.53. The van der Waals surface area contributed by atoms with Crippen LogP contribution >= 0.6 is 23.2 Å². The number of pyridine rings is 1. The van der Waals surface area contributed by atoms with Crippen molar-refractivity contribution < 1.29 is 0 Å². The Bertz CT molecular complexity index is 885. The van der Waals surface area contributed by atoms with Gasteiger partial charge in [-0.25, -0.2) is 0 Å². The Labute approximate surface area is 138 Å². The zero-order chi connectivity index (χ0) is 15.7. The summed E-state index contributed by atoms with van der Waals surface area (Å²) < 4.78 is 1.86. The highest BCUT2D eigenvalue weighted by Crippen LogP contribution is 2.29. The van der Waals surface area contributed by atoms with E-state index in [0.717, 1.165) is 5.56 Å². The smallest absolute Gasteiger partial charge is 0.197 e. The van der Waals surface area contributed by atoms with Gasteiger partial charge in [-0.05, 0) is 23.8 Å². The van der Waals surface area contributed by atoms with Gasteiger partial charge in [-0.3, -0.25) is 4.79 Å². The van der Waals surface area contributed by atoms with Crippen molar-refractivity contribution in [3.63, 3.8) is 0 Å². The van der Waals surface area contributed by atoms with Gasteiger partial charge in [0.05, 0.1) is 0 Å². The molecule has 0 radical (unpaired) electrons. The van der Waals surface area contributed by atoms with Gasteiger partial charge >= 0.3 is 0 Å². The molecule has 1 heterocycles. The van der Waals surface area contributed by atoms with Crippen molar-refractivity contribution in [2.45, 2.75) is 0 Å². The van der Waals surface area contributed by atoms with E-state index in [4.69, 9.17) is 23.2 Å². The molecule has 2 nitrogen and oxygen atoms in total. The molecular formula is C18H13Cl2NO. The second kappa shape index (κ2) is 5.99. The van der Waals surface area contributed by atoms with Crippen LogP contribution in [-0.2, 0) is 7.05 Å². The van der Waals surface area contributed by atoms with Crippen LogP contribution in [0, 0.1) is 0 Å². The zero-order valence-corrected chi connectivity index (χ0v) is 13.4. The van der Waals surface area contributed by atoms with E-state index in [1.807, 2.05) is 48.1 Å². The van der Waals surface area contributed by atoms with E-state index in [2.05, 4.69) is 0 Å². The van der Waals surface area contributed by atoms with Crippen LogP contribution in [0.25, 0.3) is 22.3 Å². The number of aromatic nitrogens is 1. The fourth-order valence-corrected chi connectivity index (χ4v) is 2.82. The van der Waals surface area contributed by atoms with Crippen LogP contribution in [0.3, 0.4) is 0 Å². The first-order valence-electron chi connectivity index (χ1n) is 6.77. The number of benzene rings is 2. The summed E-state index contributed by atoms with van der Waals surface area (Å²) in [6.07, 6.45) is 3.59. The minimum absolute atomic E-state index is 0.0616. The zero-order valence-electron chi connectivity index (χ0n) is 11.9. The van der Waals surface area contributed by atoms with Crippen molar-refractivity contribution >= 4 is 23.2 Å².